The maximum absolute atomic E-state index is 3.83. The molecule has 1 rings (SSSR count). The molecule has 0 aliphatic carbocycles. The Kier molecular flexibility index (Phi) is 10.2. The van der Waals surface area contributed by atoms with Crippen molar-refractivity contribution < 1.29 is 0 Å². The van der Waals surface area contributed by atoms with Crippen molar-refractivity contribution in [3.05, 3.63) is 9.89 Å². The van der Waals surface area contributed by atoms with Gasteiger partial charge in [0.2, 0.25) is 14.8 Å². The van der Waals surface area contributed by atoms with Crippen LogP contribution < -0.4 is 0 Å². The molecule has 0 spiro atoms. The molecule has 1 aliphatic rings. The van der Waals surface area contributed by atoms with Crippen LogP contribution in [0, 0.1) is 5.92 Å². The van der Waals surface area contributed by atoms with Gasteiger partial charge >= 0.3 is 0 Å². The Balaban J connectivity index is 2.12. The number of unbranched alkanes of at least 4 members (excludes halogenated alkanes) is 5. The van der Waals surface area contributed by atoms with Gasteiger partial charge in [-0.15, -0.1) is 0 Å². The number of halogens is 2. The summed E-state index contributed by atoms with van der Waals surface area (Å²) in [5, 5.41) is 3.21. The third-order valence-electron chi connectivity index (χ3n) is 4.12. The highest BCUT2D eigenvalue weighted by atomic mass is 79.9. The first kappa shape index (κ1) is 18.1. The summed E-state index contributed by atoms with van der Waals surface area (Å²) >= 11 is 7.49. The first-order chi connectivity index (χ1) is 9.17. The smallest absolute Gasteiger partial charge is 0.0654 e. The zero-order chi connectivity index (χ0) is 14.1. The van der Waals surface area contributed by atoms with E-state index >= 15 is 0 Å². The van der Waals surface area contributed by atoms with Crippen LogP contribution in [0.15, 0.2) is 9.89 Å². The normalized spacial score (nSPS) is 24.5. The van der Waals surface area contributed by atoms with E-state index in [0.717, 1.165) is 11.2 Å². The van der Waals surface area contributed by atoms with Crippen LogP contribution in [0.3, 0.4) is 0 Å². The number of allylic oxidation sites excluding steroid dienone is 1. The van der Waals surface area contributed by atoms with E-state index in [-0.39, 0.29) is 0 Å². The van der Waals surface area contributed by atoms with Gasteiger partial charge in [-0.05, 0) is 12.3 Å². The molecule has 0 aromatic rings. The standard InChI is InChI=1S/C16H29Br2S/c1-3-5-6-7-8-9-10-14(4-2)11-16-12-15(17)13-19(16)18/h13-14,16H,3-12H2,1-2H3/q+1. The third kappa shape index (κ3) is 7.57. The van der Waals surface area contributed by atoms with Gasteiger partial charge in [0.1, 0.15) is 10.7 Å². The minimum absolute atomic E-state index is 0.329. The molecule has 3 atom stereocenters. The molecule has 0 radical (unpaired) electrons. The number of hydrogen-bond donors (Lipinski definition) is 0. The van der Waals surface area contributed by atoms with E-state index in [1.54, 1.807) is 0 Å². The monoisotopic (exact) mass is 411 g/mol. The molecule has 0 aromatic carbocycles. The number of hydrogen-bond acceptors (Lipinski definition) is 0. The Bertz CT molecular complexity index is 265. The van der Waals surface area contributed by atoms with Crippen molar-refractivity contribution in [2.45, 2.75) is 83.3 Å². The van der Waals surface area contributed by atoms with E-state index in [2.05, 4.69) is 50.0 Å². The minimum Gasteiger partial charge on any atom is -0.0654 e. The van der Waals surface area contributed by atoms with Gasteiger partial charge in [-0.3, -0.25) is 0 Å². The molecule has 3 heteroatoms. The first-order valence-electron chi connectivity index (χ1n) is 7.91. The maximum Gasteiger partial charge on any atom is 0.238 e. The molecule has 0 N–H and O–H groups in total. The zero-order valence-corrected chi connectivity index (χ0v) is 16.5. The molecule has 0 saturated carbocycles. The SMILES string of the molecule is CCCCCCCCC(CC)CC1CC(Br)=C[S+]1Br. The topological polar surface area (TPSA) is 0 Å². The Labute approximate surface area is 138 Å². The van der Waals surface area contributed by atoms with E-state index in [1.807, 2.05) is 0 Å². The van der Waals surface area contributed by atoms with Crippen LogP contribution in [0.4, 0.5) is 0 Å². The Morgan fingerprint density at radius 3 is 2.47 bits per heavy atom. The van der Waals surface area contributed by atoms with Gasteiger partial charge in [0.25, 0.3) is 0 Å². The molecule has 112 valence electrons. The quantitative estimate of drug-likeness (QED) is 0.265. The second kappa shape index (κ2) is 10.7. The molecular formula is C16H29Br2S+. The first-order valence-corrected chi connectivity index (χ1v) is 11.9. The summed E-state index contributed by atoms with van der Waals surface area (Å²) in [5.74, 6) is 0.940. The van der Waals surface area contributed by atoms with Crippen LogP contribution in [-0.2, 0) is 9.33 Å². The summed E-state index contributed by atoms with van der Waals surface area (Å²) in [6, 6.07) is 0. The van der Waals surface area contributed by atoms with Gasteiger partial charge < -0.3 is 0 Å². The summed E-state index contributed by atoms with van der Waals surface area (Å²) < 4.78 is 1.41. The van der Waals surface area contributed by atoms with Gasteiger partial charge in [0.15, 0.2) is 0 Å². The summed E-state index contributed by atoms with van der Waals surface area (Å²) in [7, 11) is 0.329. The van der Waals surface area contributed by atoms with Crippen LogP contribution in [0.1, 0.15) is 78.1 Å². The van der Waals surface area contributed by atoms with Gasteiger partial charge in [0, 0.05) is 10.9 Å². The lowest BCUT2D eigenvalue weighted by Crippen LogP contribution is -2.15. The lowest BCUT2D eigenvalue weighted by Gasteiger charge is -2.16. The molecule has 0 nitrogen and oxygen atoms in total. The molecule has 0 aromatic heterocycles. The summed E-state index contributed by atoms with van der Waals surface area (Å²) in [6.45, 7) is 4.66. The van der Waals surface area contributed by atoms with E-state index in [9.17, 15) is 0 Å². The fourth-order valence-electron chi connectivity index (χ4n) is 2.81. The predicted octanol–water partition coefficient (Wildman–Crippen LogP) is 7.09. The van der Waals surface area contributed by atoms with E-state index < -0.39 is 0 Å². The van der Waals surface area contributed by atoms with E-state index in [4.69, 9.17) is 0 Å². The van der Waals surface area contributed by atoms with Crippen molar-refractivity contribution in [1.82, 2.24) is 0 Å². The molecule has 0 amide bonds. The van der Waals surface area contributed by atoms with Crippen LogP contribution >= 0.6 is 30.7 Å². The molecule has 1 aliphatic heterocycles. The van der Waals surface area contributed by atoms with E-state index in [0.29, 0.717) is 9.33 Å². The molecule has 0 fully saturated rings. The van der Waals surface area contributed by atoms with Crippen molar-refractivity contribution >= 4 is 40.1 Å². The third-order valence-corrected chi connectivity index (χ3v) is 8.63. The molecular weight excluding hydrogens is 384 g/mol. The van der Waals surface area contributed by atoms with E-state index in [1.165, 1.54) is 68.7 Å². The van der Waals surface area contributed by atoms with Gasteiger partial charge in [-0.1, -0.05) is 81.1 Å². The fourth-order valence-corrected chi connectivity index (χ4v) is 7.63. The summed E-state index contributed by atoms with van der Waals surface area (Å²) in [5.41, 5.74) is 0. The van der Waals surface area contributed by atoms with Gasteiger partial charge in [-0.2, -0.15) is 0 Å². The van der Waals surface area contributed by atoms with Gasteiger partial charge in [-0.25, -0.2) is 0 Å². The summed E-state index contributed by atoms with van der Waals surface area (Å²) in [4.78, 5) is 0. The highest BCUT2D eigenvalue weighted by molar-refractivity contribution is 9.49. The van der Waals surface area contributed by atoms with Crippen LogP contribution in [0.5, 0.6) is 0 Å². The Hall–Kier alpha value is 1.05. The second-order valence-corrected chi connectivity index (χ2v) is 10.6. The summed E-state index contributed by atoms with van der Waals surface area (Å²) in [6.07, 6.45) is 14.0. The lowest BCUT2D eigenvalue weighted by molar-refractivity contribution is 0.408. The predicted molar refractivity (Wildman–Crippen MR) is 98.1 cm³/mol. The Morgan fingerprint density at radius 2 is 1.89 bits per heavy atom. The van der Waals surface area contributed by atoms with Crippen LogP contribution in [0.25, 0.3) is 0 Å². The maximum atomic E-state index is 3.83. The average Bonchev–Trinajstić information content (AvgIpc) is 2.70. The molecule has 1 heterocycles. The second-order valence-electron chi connectivity index (χ2n) is 5.77. The molecule has 0 saturated heterocycles. The highest BCUT2D eigenvalue weighted by Gasteiger charge is 2.35. The van der Waals surface area contributed by atoms with Gasteiger partial charge in [0.05, 0.1) is 9.33 Å². The van der Waals surface area contributed by atoms with Crippen molar-refractivity contribution in [2.24, 2.45) is 5.92 Å². The lowest BCUT2D eigenvalue weighted by atomic mass is 9.92. The van der Waals surface area contributed by atoms with Crippen LogP contribution in [-0.4, -0.2) is 5.25 Å². The highest BCUT2D eigenvalue weighted by Crippen LogP contribution is 2.38. The largest absolute Gasteiger partial charge is 0.238 e. The van der Waals surface area contributed by atoms with Crippen molar-refractivity contribution in [3.63, 3.8) is 0 Å². The molecule has 3 unspecified atom stereocenters. The molecule has 19 heavy (non-hydrogen) atoms. The van der Waals surface area contributed by atoms with Crippen LogP contribution in [0.2, 0.25) is 0 Å². The minimum atomic E-state index is 0.329. The molecule has 0 bridgehead atoms. The zero-order valence-electron chi connectivity index (χ0n) is 12.5. The average molecular weight is 413 g/mol. The van der Waals surface area contributed by atoms with Crippen molar-refractivity contribution in [3.8, 4) is 0 Å². The van der Waals surface area contributed by atoms with Crippen molar-refractivity contribution in [1.29, 1.82) is 0 Å². The fraction of sp³-hybridized carbons (Fsp3) is 0.875. The van der Waals surface area contributed by atoms with Crippen molar-refractivity contribution in [2.75, 3.05) is 0 Å². The Morgan fingerprint density at radius 1 is 1.21 bits per heavy atom. The number of rotatable bonds is 10.